The van der Waals surface area contributed by atoms with E-state index in [1.165, 1.54) is 18.2 Å². The summed E-state index contributed by atoms with van der Waals surface area (Å²) in [5.41, 5.74) is 0.954. The highest BCUT2D eigenvalue weighted by atomic mass is 16.6. The molecule has 1 aliphatic rings. The van der Waals surface area contributed by atoms with E-state index in [1.54, 1.807) is 6.08 Å². The molecule has 0 radical (unpaired) electrons. The highest BCUT2D eigenvalue weighted by Gasteiger charge is 2.20. The van der Waals surface area contributed by atoms with Gasteiger partial charge in [0.2, 0.25) is 6.04 Å². The Kier molecular flexibility index (Phi) is 6.98. The first kappa shape index (κ1) is 18.4. The summed E-state index contributed by atoms with van der Waals surface area (Å²) in [6, 6.07) is -0.803. The Morgan fingerprint density at radius 1 is 1.57 bits per heavy atom. The van der Waals surface area contributed by atoms with Gasteiger partial charge in [-0.25, -0.2) is 4.79 Å². The van der Waals surface area contributed by atoms with Crippen LogP contribution in [0, 0.1) is 16.0 Å². The van der Waals surface area contributed by atoms with Crippen LogP contribution in [0.4, 0.5) is 4.79 Å². The van der Waals surface area contributed by atoms with E-state index in [4.69, 9.17) is 9.84 Å². The van der Waals surface area contributed by atoms with Crippen molar-refractivity contribution in [2.75, 3.05) is 6.54 Å². The summed E-state index contributed by atoms with van der Waals surface area (Å²) in [5, 5.41) is 21.9. The second-order valence-electron chi connectivity index (χ2n) is 5.43. The van der Waals surface area contributed by atoms with E-state index in [2.05, 4.69) is 5.32 Å². The molecule has 0 aromatic carbocycles. The lowest BCUT2D eigenvalue weighted by atomic mass is 10.0. The average Bonchev–Trinajstić information content (AvgIpc) is 2.44. The van der Waals surface area contributed by atoms with Gasteiger partial charge in [-0.1, -0.05) is 11.6 Å². The van der Waals surface area contributed by atoms with E-state index in [-0.39, 0.29) is 31.1 Å². The number of allylic oxidation sites excluding steroid dienone is 2. The quantitative estimate of drug-likeness (QED) is 0.421. The van der Waals surface area contributed by atoms with Crippen LogP contribution in [0.3, 0.4) is 0 Å². The summed E-state index contributed by atoms with van der Waals surface area (Å²) in [4.78, 5) is 32.7. The van der Waals surface area contributed by atoms with Crippen LogP contribution in [0.25, 0.3) is 0 Å². The zero-order valence-corrected chi connectivity index (χ0v) is 13.0. The first-order chi connectivity index (χ1) is 10.8. The third-order valence-electron chi connectivity index (χ3n) is 3.04. The Balaban J connectivity index is 2.47. The maximum absolute atomic E-state index is 11.7. The second-order valence-corrected chi connectivity index (χ2v) is 5.43. The summed E-state index contributed by atoms with van der Waals surface area (Å²) in [5.74, 6) is -1.05. The first-order valence-electron chi connectivity index (χ1n) is 7.12. The normalized spacial score (nSPS) is 17.7. The van der Waals surface area contributed by atoms with Crippen molar-refractivity contribution < 1.29 is 24.4 Å². The average molecular weight is 324 g/mol. The Hall–Kier alpha value is -2.64. The highest BCUT2D eigenvalue weighted by Crippen LogP contribution is 2.14. The van der Waals surface area contributed by atoms with Gasteiger partial charge in [-0.3, -0.25) is 14.9 Å². The number of nitrogens with one attached hydrogen (secondary N) is 1. The Bertz CT molecular complexity index is 560. The lowest BCUT2D eigenvalue weighted by molar-refractivity contribution is -0.508. The van der Waals surface area contributed by atoms with Crippen LogP contribution in [0.2, 0.25) is 0 Å². The zero-order chi connectivity index (χ0) is 17.4. The van der Waals surface area contributed by atoms with Gasteiger partial charge in [0.25, 0.3) is 0 Å². The molecule has 1 amide bonds. The molecule has 1 rings (SSSR count). The molecule has 0 aromatic rings. The highest BCUT2D eigenvalue weighted by molar-refractivity contribution is 5.70. The second kappa shape index (κ2) is 8.72. The lowest BCUT2D eigenvalue weighted by Gasteiger charge is -2.14. The van der Waals surface area contributed by atoms with Crippen molar-refractivity contribution in [3.63, 3.8) is 0 Å². The molecule has 23 heavy (non-hydrogen) atoms. The van der Waals surface area contributed by atoms with Crippen LogP contribution in [0.1, 0.15) is 26.7 Å². The number of carboxylic acid groups (broad SMARTS) is 1. The molecular formula is C15H20N2O6. The summed E-state index contributed by atoms with van der Waals surface area (Å²) < 4.78 is 5.01. The zero-order valence-electron chi connectivity index (χ0n) is 13.0. The Morgan fingerprint density at radius 2 is 2.26 bits per heavy atom. The van der Waals surface area contributed by atoms with Crippen molar-refractivity contribution in [1.29, 1.82) is 0 Å². The maximum Gasteiger partial charge on any atom is 0.412 e. The topological polar surface area (TPSA) is 119 Å². The molecule has 8 heteroatoms. The molecule has 0 heterocycles. The van der Waals surface area contributed by atoms with Gasteiger partial charge in [0, 0.05) is 23.8 Å². The number of hydrogen-bond donors (Lipinski definition) is 2. The smallest absolute Gasteiger partial charge is 0.412 e. The van der Waals surface area contributed by atoms with Gasteiger partial charge in [0.15, 0.2) is 0 Å². The van der Waals surface area contributed by atoms with Crippen LogP contribution in [-0.2, 0) is 9.53 Å². The fourth-order valence-electron chi connectivity index (χ4n) is 2.06. The maximum atomic E-state index is 11.7. The molecule has 0 saturated heterocycles. The predicted octanol–water partition coefficient (Wildman–Crippen LogP) is 2.26. The fourth-order valence-corrected chi connectivity index (χ4v) is 2.06. The minimum Gasteiger partial charge on any atom is -0.481 e. The van der Waals surface area contributed by atoms with E-state index >= 15 is 0 Å². The number of amides is 1. The molecule has 0 aromatic heterocycles. The van der Waals surface area contributed by atoms with Gasteiger partial charge in [-0.15, -0.1) is 0 Å². The van der Waals surface area contributed by atoms with Crippen molar-refractivity contribution in [1.82, 2.24) is 5.32 Å². The number of aliphatic carboxylic acids is 1. The van der Waals surface area contributed by atoms with Gasteiger partial charge in [-0.2, -0.15) is 0 Å². The molecule has 0 aliphatic heterocycles. The molecule has 2 N–H and O–H groups in total. The van der Waals surface area contributed by atoms with E-state index in [0.29, 0.717) is 0 Å². The van der Waals surface area contributed by atoms with Crippen LogP contribution in [-0.4, -0.2) is 34.7 Å². The molecule has 0 saturated carbocycles. The van der Waals surface area contributed by atoms with Gasteiger partial charge in [0.1, 0.15) is 5.76 Å². The predicted molar refractivity (Wildman–Crippen MR) is 82.3 cm³/mol. The monoisotopic (exact) mass is 324 g/mol. The molecule has 0 fully saturated rings. The van der Waals surface area contributed by atoms with Crippen LogP contribution < -0.4 is 5.32 Å². The van der Waals surface area contributed by atoms with E-state index in [9.17, 15) is 19.7 Å². The number of alkyl carbamates (subject to hydrolysis) is 1. The molecule has 1 aliphatic carbocycles. The summed E-state index contributed by atoms with van der Waals surface area (Å²) in [6.07, 6.45) is 5.32. The van der Waals surface area contributed by atoms with E-state index in [1.807, 2.05) is 13.8 Å². The molecule has 1 unspecified atom stereocenters. The van der Waals surface area contributed by atoms with Crippen LogP contribution in [0.5, 0.6) is 0 Å². The van der Waals surface area contributed by atoms with Gasteiger partial charge >= 0.3 is 12.1 Å². The van der Waals surface area contributed by atoms with Crippen molar-refractivity contribution >= 4 is 12.1 Å². The Labute approximate surface area is 133 Å². The molecule has 8 nitrogen and oxygen atoms in total. The minimum absolute atomic E-state index is 0.0986. The van der Waals surface area contributed by atoms with Crippen molar-refractivity contribution in [3.05, 3.63) is 45.8 Å². The summed E-state index contributed by atoms with van der Waals surface area (Å²) >= 11 is 0. The number of rotatable bonds is 7. The molecular weight excluding hydrogens is 304 g/mol. The van der Waals surface area contributed by atoms with E-state index in [0.717, 1.165) is 5.57 Å². The van der Waals surface area contributed by atoms with E-state index < -0.39 is 23.0 Å². The third-order valence-corrected chi connectivity index (χ3v) is 3.04. The Morgan fingerprint density at radius 3 is 2.74 bits per heavy atom. The minimum atomic E-state index is -0.952. The fraction of sp³-hybridized carbons (Fsp3) is 0.467. The van der Waals surface area contributed by atoms with Crippen molar-refractivity contribution in [3.8, 4) is 0 Å². The van der Waals surface area contributed by atoms with Crippen molar-refractivity contribution in [2.24, 2.45) is 5.92 Å². The van der Waals surface area contributed by atoms with Crippen LogP contribution >= 0.6 is 0 Å². The third kappa shape index (κ3) is 7.25. The number of carbonyl (C=O) groups is 2. The molecule has 0 spiro atoms. The van der Waals surface area contributed by atoms with Gasteiger partial charge < -0.3 is 15.2 Å². The van der Waals surface area contributed by atoms with Gasteiger partial charge in [-0.05, 0) is 32.1 Å². The number of nitrogens with zero attached hydrogens (tertiary/aromatic N) is 1. The standard InChI is InChI=1S/C15H20N2O6/c1-10(2)7-11(8-14(18)19)9-16-15(20)23-13-5-3-12(4-6-13)17(21)22/h3,5-7,11-12H,4,8-9H2,1-2H3,(H,16,20)(H,18,19)/t11-,12?/m0/s1. The molecule has 2 atom stereocenters. The van der Waals surface area contributed by atoms with Gasteiger partial charge in [0.05, 0.1) is 6.42 Å². The van der Waals surface area contributed by atoms with Crippen molar-refractivity contribution in [2.45, 2.75) is 32.7 Å². The number of hydrogen-bond acceptors (Lipinski definition) is 5. The summed E-state index contributed by atoms with van der Waals surface area (Å²) in [6.45, 7) is 3.82. The number of carbonyl (C=O) groups excluding carboxylic acids is 1. The number of carboxylic acids is 1. The number of ether oxygens (including phenoxy) is 1. The summed E-state index contributed by atoms with van der Waals surface area (Å²) in [7, 11) is 0. The first-order valence-corrected chi connectivity index (χ1v) is 7.12. The molecule has 0 bridgehead atoms. The lowest BCUT2D eigenvalue weighted by Crippen LogP contribution is -2.30. The molecule has 126 valence electrons. The largest absolute Gasteiger partial charge is 0.481 e. The number of nitro groups is 1. The SMILES string of the molecule is CC(C)=C[C@H](CNC(=O)OC1=CCC([N+](=O)[O-])C=C1)CC(=O)O. The van der Waals surface area contributed by atoms with Crippen LogP contribution in [0.15, 0.2) is 35.6 Å².